The molecular weight excluding hydrogens is 324 g/mol. The van der Waals surface area contributed by atoms with Crippen LogP contribution in [0.15, 0.2) is 52.4 Å². The lowest BCUT2D eigenvalue weighted by Crippen LogP contribution is -2.22. The Kier molecular flexibility index (Phi) is 4.76. The van der Waals surface area contributed by atoms with Gasteiger partial charge in [-0.05, 0) is 30.0 Å². The van der Waals surface area contributed by atoms with Crippen molar-refractivity contribution in [1.29, 1.82) is 0 Å². The van der Waals surface area contributed by atoms with Gasteiger partial charge in [-0.1, -0.05) is 30.8 Å². The Balaban J connectivity index is 2.34. The highest BCUT2D eigenvalue weighted by atomic mass is 32.2. The predicted octanol–water partition coefficient (Wildman–Crippen LogP) is 3.51. The summed E-state index contributed by atoms with van der Waals surface area (Å²) in [5, 5.41) is 1.22. The van der Waals surface area contributed by atoms with Crippen molar-refractivity contribution in [2.24, 2.45) is 0 Å². The van der Waals surface area contributed by atoms with Gasteiger partial charge in [0.05, 0.1) is 30.8 Å². The minimum atomic E-state index is -0.111. The Morgan fingerprint density at radius 1 is 1.12 bits per heavy atom. The number of para-hydroxylation sites is 1. The standard InChI is InChI=1S/C18H18N2O3S/c1-4-24-18-19-14-8-6-5-7-13(14)17(21)20(18)15-10-9-12(22-2)11-16(15)23-3/h5-11H,4H2,1-3H3. The van der Waals surface area contributed by atoms with Gasteiger partial charge in [-0.25, -0.2) is 4.98 Å². The van der Waals surface area contributed by atoms with E-state index in [1.54, 1.807) is 37.0 Å². The first-order valence-electron chi connectivity index (χ1n) is 7.56. The third-order valence-corrected chi connectivity index (χ3v) is 4.47. The van der Waals surface area contributed by atoms with E-state index in [1.165, 1.54) is 11.8 Å². The number of methoxy groups -OCH3 is 2. The summed E-state index contributed by atoms with van der Waals surface area (Å²) in [6.45, 7) is 2.03. The summed E-state index contributed by atoms with van der Waals surface area (Å²) in [5.74, 6) is 2.04. The summed E-state index contributed by atoms with van der Waals surface area (Å²) in [4.78, 5) is 17.7. The molecule has 2 aromatic carbocycles. The van der Waals surface area contributed by atoms with Gasteiger partial charge in [0.15, 0.2) is 5.16 Å². The van der Waals surface area contributed by atoms with Gasteiger partial charge in [0, 0.05) is 6.07 Å². The van der Waals surface area contributed by atoms with E-state index in [9.17, 15) is 4.79 Å². The van der Waals surface area contributed by atoms with Crippen LogP contribution < -0.4 is 15.0 Å². The van der Waals surface area contributed by atoms with Crippen LogP contribution in [0.1, 0.15) is 6.92 Å². The van der Waals surface area contributed by atoms with E-state index >= 15 is 0 Å². The molecule has 5 nitrogen and oxygen atoms in total. The largest absolute Gasteiger partial charge is 0.497 e. The summed E-state index contributed by atoms with van der Waals surface area (Å²) >= 11 is 1.52. The van der Waals surface area contributed by atoms with Crippen molar-refractivity contribution < 1.29 is 9.47 Å². The highest BCUT2D eigenvalue weighted by molar-refractivity contribution is 7.99. The van der Waals surface area contributed by atoms with Crippen LogP contribution in [-0.4, -0.2) is 29.5 Å². The first-order valence-corrected chi connectivity index (χ1v) is 8.55. The molecule has 0 unspecified atom stereocenters. The zero-order valence-electron chi connectivity index (χ0n) is 13.8. The van der Waals surface area contributed by atoms with E-state index in [0.717, 1.165) is 5.75 Å². The van der Waals surface area contributed by atoms with Crippen LogP contribution in [0, 0.1) is 0 Å². The Labute approximate surface area is 144 Å². The molecule has 0 atom stereocenters. The third kappa shape index (κ3) is 2.85. The summed E-state index contributed by atoms with van der Waals surface area (Å²) < 4.78 is 12.3. The van der Waals surface area contributed by atoms with Crippen molar-refractivity contribution in [2.75, 3.05) is 20.0 Å². The number of benzene rings is 2. The van der Waals surface area contributed by atoms with Crippen molar-refractivity contribution in [3.63, 3.8) is 0 Å². The Bertz CT molecular complexity index is 937. The van der Waals surface area contributed by atoms with Crippen LogP contribution in [0.25, 0.3) is 16.6 Å². The maximum atomic E-state index is 13.1. The number of hydrogen-bond donors (Lipinski definition) is 0. The van der Waals surface area contributed by atoms with Crippen molar-refractivity contribution in [3.8, 4) is 17.2 Å². The molecule has 3 aromatic rings. The van der Waals surface area contributed by atoms with Crippen molar-refractivity contribution in [1.82, 2.24) is 9.55 Å². The lowest BCUT2D eigenvalue weighted by Gasteiger charge is -2.16. The van der Waals surface area contributed by atoms with Crippen LogP contribution in [0.4, 0.5) is 0 Å². The monoisotopic (exact) mass is 342 g/mol. The molecule has 1 aromatic heterocycles. The van der Waals surface area contributed by atoms with Gasteiger partial charge < -0.3 is 9.47 Å². The normalized spacial score (nSPS) is 10.8. The molecule has 0 fully saturated rings. The Morgan fingerprint density at radius 3 is 2.62 bits per heavy atom. The zero-order valence-corrected chi connectivity index (χ0v) is 14.6. The molecule has 0 aliphatic heterocycles. The molecule has 0 radical (unpaired) electrons. The Morgan fingerprint density at radius 2 is 1.92 bits per heavy atom. The van der Waals surface area contributed by atoms with Crippen molar-refractivity contribution in [2.45, 2.75) is 12.1 Å². The molecule has 3 rings (SSSR count). The van der Waals surface area contributed by atoms with Gasteiger partial charge in [0.1, 0.15) is 11.5 Å². The predicted molar refractivity (Wildman–Crippen MR) is 96.8 cm³/mol. The van der Waals surface area contributed by atoms with Gasteiger partial charge in [-0.3, -0.25) is 9.36 Å². The number of aromatic nitrogens is 2. The number of rotatable bonds is 5. The number of ether oxygens (including phenoxy) is 2. The quantitative estimate of drug-likeness (QED) is 0.524. The molecule has 0 amide bonds. The number of hydrogen-bond acceptors (Lipinski definition) is 5. The summed E-state index contributed by atoms with van der Waals surface area (Å²) in [6, 6.07) is 12.7. The van der Waals surface area contributed by atoms with E-state index in [4.69, 9.17) is 9.47 Å². The molecule has 0 spiro atoms. The number of fused-ring (bicyclic) bond motifs is 1. The lowest BCUT2D eigenvalue weighted by molar-refractivity contribution is 0.392. The van der Waals surface area contributed by atoms with Crippen LogP contribution in [0.2, 0.25) is 0 Å². The maximum absolute atomic E-state index is 13.1. The highest BCUT2D eigenvalue weighted by Gasteiger charge is 2.16. The van der Waals surface area contributed by atoms with Crippen molar-refractivity contribution >= 4 is 22.7 Å². The first kappa shape index (κ1) is 16.4. The molecule has 124 valence electrons. The highest BCUT2D eigenvalue weighted by Crippen LogP contribution is 2.30. The second-order valence-corrected chi connectivity index (χ2v) is 6.25. The minimum Gasteiger partial charge on any atom is -0.497 e. The number of nitrogens with zero attached hydrogens (tertiary/aromatic N) is 2. The maximum Gasteiger partial charge on any atom is 0.266 e. The SMILES string of the molecule is CCSc1nc2ccccc2c(=O)n1-c1ccc(OC)cc1OC. The minimum absolute atomic E-state index is 0.111. The van der Waals surface area contributed by atoms with Crippen LogP contribution in [0.5, 0.6) is 11.5 Å². The molecule has 0 bridgehead atoms. The fourth-order valence-electron chi connectivity index (χ4n) is 2.52. The third-order valence-electron chi connectivity index (χ3n) is 3.65. The van der Waals surface area contributed by atoms with Crippen LogP contribution >= 0.6 is 11.8 Å². The topological polar surface area (TPSA) is 53.4 Å². The molecule has 0 aliphatic carbocycles. The van der Waals surface area contributed by atoms with Crippen LogP contribution in [0.3, 0.4) is 0 Å². The summed E-state index contributed by atoms with van der Waals surface area (Å²) in [5.41, 5.74) is 1.24. The molecular formula is C18H18N2O3S. The molecule has 0 saturated heterocycles. The van der Waals surface area contributed by atoms with Gasteiger partial charge in [-0.2, -0.15) is 0 Å². The van der Waals surface area contributed by atoms with E-state index in [1.807, 2.05) is 31.2 Å². The van der Waals surface area contributed by atoms with Gasteiger partial charge in [-0.15, -0.1) is 0 Å². The van der Waals surface area contributed by atoms with Gasteiger partial charge in [0.2, 0.25) is 0 Å². The zero-order chi connectivity index (χ0) is 17.1. The van der Waals surface area contributed by atoms with Crippen molar-refractivity contribution in [3.05, 3.63) is 52.8 Å². The molecule has 0 N–H and O–H groups in total. The van der Waals surface area contributed by atoms with Crippen LogP contribution in [-0.2, 0) is 0 Å². The lowest BCUT2D eigenvalue weighted by atomic mass is 10.2. The fraction of sp³-hybridized carbons (Fsp3) is 0.222. The summed E-state index contributed by atoms with van der Waals surface area (Å²) in [7, 11) is 3.17. The number of thioether (sulfide) groups is 1. The molecule has 1 heterocycles. The van der Waals surface area contributed by atoms with E-state index in [0.29, 0.717) is 33.2 Å². The summed E-state index contributed by atoms with van der Waals surface area (Å²) in [6.07, 6.45) is 0. The average molecular weight is 342 g/mol. The molecule has 6 heteroatoms. The van der Waals surface area contributed by atoms with E-state index in [-0.39, 0.29) is 5.56 Å². The van der Waals surface area contributed by atoms with E-state index in [2.05, 4.69) is 4.98 Å². The molecule has 24 heavy (non-hydrogen) atoms. The fourth-order valence-corrected chi connectivity index (χ4v) is 3.25. The van der Waals surface area contributed by atoms with E-state index < -0.39 is 0 Å². The smallest absolute Gasteiger partial charge is 0.266 e. The molecule has 0 aliphatic rings. The average Bonchev–Trinajstić information content (AvgIpc) is 2.62. The Hall–Kier alpha value is -2.47. The van der Waals surface area contributed by atoms with Gasteiger partial charge in [0.25, 0.3) is 5.56 Å². The first-order chi connectivity index (χ1) is 11.7. The second kappa shape index (κ2) is 6.97. The molecule has 0 saturated carbocycles. The second-order valence-electron chi connectivity index (χ2n) is 5.02. The van der Waals surface area contributed by atoms with Gasteiger partial charge >= 0.3 is 0 Å².